The molecule has 1 saturated heterocycles. The molecule has 68 valence electrons. The number of morpholine rings is 1. The van der Waals surface area contributed by atoms with Crippen molar-refractivity contribution in [2.45, 2.75) is 0 Å². The van der Waals surface area contributed by atoms with Crippen molar-refractivity contribution < 1.29 is 19.1 Å². The van der Waals surface area contributed by atoms with Gasteiger partial charge < -0.3 is 14.4 Å². The molecule has 0 unspecified atom stereocenters. The van der Waals surface area contributed by atoms with Crippen LogP contribution in [0.5, 0.6) is 0 Å². The zero-order valence-corrected chi connectivity index (χ0v) is 6.91. The number of ether oxygens (including phenoxy) is 2. The number of methoxy groups -OCH3 is 1. The summed E-state index contributed by atoms with van der Waals surface area (Å²) in [5.74, 6) is -1.34. The summed E-state index contributed by atoms with van der Waals surface area (Å²) in [5, 5.41) is 0. The van der Waals surface area contributed by atoms with Crippen molar-refractivity contribution in [2.24, 2.45) is 0 Å². The normalized spacial score (nSPS) is 17.9. The van der Waals surface area contributed by atoms with Gasteiger partial charge in [0.05, 0.1) is 13.2 Å². The van der Waals surface area contributed by atoms with Gasteiger partial charge in [0.1, 0.15) is 6.61 Å². The van der Waals surface area contributed by atoms with E-state index in [2.05, 4.69) is 4.74 Å². The van der Waals surface area contributed by atoms with Crippen molar-refractivity contribution in [1.29, 1.82) is 0 Å². The fourth-order valence-corrected chi connectivity index (χ4v) is 0.956. The minimum absolute atomic E-state index is 0.286. The molecule has 0 atom stereocenters. The molecule has 1 amide bonds. The topological polar surface area (TPSA) is 55.8 Å². The molecule has 0 saturated carbocycles. The van der Waals surface area contributed by atoms with E-state index in [-0.39, 0.29) is 6.61 Å². The van der Waals surface area contributed by atoms with Crippen LogP contribution >= 0.6 is 0 Å². The van der Waals surface area contributed by atoms with Crippen molar-refractivity contribution in [2.75, 3.05) is 33.4 Å². The third-order valence-electron chi connectivity index (χ3n) is 1.62. The number of esters is 1. The zero-order valence-electron chi connectivity index (χ0n) is 6.91. The minimum atomic E-state index is -0.766. The Kier molecular flexibility index (Phi) is 3.04. The van der Waals surface area contributed by atoms with E-state index in [1.165, 1.54) is 4.90 Å². The molecule has 1 aliphatic heterocycles. The highest BCUT2D eigenvalue weighted by Gasteiger charge is 2.27. The minimum Gasteiger partial charge on any atom is -0.457 e. The molecule has 0 aromatic rings. The highest BCUT2D eigenvalue weighted by molar-refractivity contribution is 6.32. The Balaban J connectivity index is 2.41. The van der Waals surface area contributed by atoms with Gasteiger partial charge in [-0.25, -0.2) is 4.79 Å². The Hall–Kier alpha value is -1.10. The quantitative estimate of drug-likeness (QED) is 0.406. The largest absolute Gasteiger partial charge is 0.457 e. The van der Waals surface area contributed by atoms with Crippen molar-refractivity contribution in [3.8, 4) is 0 Å². The van der Waals surface area contributed by atoms with E-state index in [1.54, 1.807) is 7.11 Å². The van der Waals surface area contributed by atoms with Crippen molar-refractivity contribution in [3.05, 3.63) is 0 Å². The van der Waals surface area contributed by atoms with E-state index in [9.17, 15) is 9.59 Å². The van der Waals surface area contributed by atoms with Crippen LogP contribution in [0.15, 0.2) is 0 Å². The first-order valence-corrected chi connectivity index (χ1v) is 3.70. The van der Waals surface area contributed by atoms with Crippen molar-refractivity contribution >= 4 is 11.9 Å². The second kappa shape index (κ2) is 4.06. The maximum atomic E-state index is 11.0. The molecule has 5 nitrogen and oxygen atoms in total. The lowest BCUT2D eigenvalue weighted by molar-refractivity contribution is -0.166. The third kappa shape index (κ3) is 1.94. The van der Waals surface area contributed by atoms with Gasteiger partial charge in [-0.15, -0.1) is 0 Å². The molecule has 1 fully saturated rings. The molecule has 0 aromatic heterocycles. The molecule has 1 aliphatic rings. The van der Waals surface area contributed by atoms with Crippen LogP contribution in [0.2, 0.25) is 0 Å². The Morgan fingerprint density at radius 3 is 3.00 bits per heavy atom. The molecule has 0 aliphatic carbocycles. The lowest BCUT2D eigenvalue weighted by Gasteiger charge is -2.24. The van der Waals surface area contributed by atoms with Crippen LogP contribution in [0.3, 0.4) is 0 Å². The third-order valence-corrected chi connectivity index (χ3v) is 1.62. The van der Waals surface area contributed by atoms with Gasteiger partial charge in [-0.2, -0.15) is 0 Å². The van der Waals surface area contributed by atoms with Crippen LogP contribution in [0.4, 0.5) is 0 Å². The molecule has 0 N–H and O–H groups in total. The summed E-state index contributed by atoms with van der Waals surface area (Å²) in [4.78, 5) is 23.2. The summed E-state index contributed by atoms with van der Waals surface area (Å²) in [5.41, 5.74) is 0. The SMILES string of the molecule is COCCN1CCOC(=O)C1=O. The van der Waals surface area contributed by atoms with Crippen LogP contribution in [0, 0.1) is 0 Å². The number of carbonyl (C=O) groups is 2. The summed E-state index contributed by atoms with van der Waals surface area (Å²) >= 11 is 0. The Morgan fingerprint density at radius 1 is 1.58 bits per heavy atom. The molecule has 0 aromatic carbocycles. The predicted octanol–water partition coefficient (Wildman–Crippen LogP) is -0.982. The molecular weight excluding hydrogens is 162 g/mol. The van der Waals surface area contributed by atoms with Gasteiger partial charge in [0.2, 0.25) is 0 Å². The summed E-state index contributed by atoms with van der Waals surface area (Å²) in [6.45, 7) is 1.64. The second-order valence-electron chi connectivity index (χ2n) is 2.42. The Bertz CT molecular complexity index is 192. The molecule has 1 rings (SSSR count). The smallest absolute Gasteiger partial charge is 0.397 e. The monoisotopic (exact) mass is 173 g/mol. The Morgan fingerprint density at radius 2 is 2.33 bits per heavy atom. The fraction of sp³-hybridized carbons (Fsp3) is 0.714. The maximum absolute atomic E-state index is 11.0. The van der Waals surface area contributed by atoms with Crippen LogP contribution in [0.1, 0.15) is 0 Å². The maximum Gasteiger partial charge on any atom is 0.397 e. The number of carbonyl (C=O) groups excluding carboxylic acids is 2. The van der Waals surface area contributed by atoms with Crippen LogP contribution < -0.4 is 0 Å². The number of hydrogen-bond acceptors (Lipinski definition) is 4. The number of amides is 1. The summed E-state index contributed by atoms with van der Waals surface area (Å²) in [6, 6.07) is 0. The average molecular weight is 173 g/mol. The first-order chi connectivity index (χ1) is 5.75. The average Bonchev–Trinajstić information content (AvgIpc) is 2.08. The van der Waals surface area contributed by atoms with E-state index < -0.39 is 11.9 Å². The summed E-state index contributed by atoms with van der Waals surface area (Å²) in [7, 11) is 1.55. The van der Waals surface area contributed by atoms with Crippen LogP contribution in [-0.4, -0.2) is 50.2 Å². The van der Waals surface area contributed by atoms with Gasteiger partial charge in [-0.1, -0.05) is 0 Å². The van der Waals surface area contributed by atoms with Crippen LogP contribution in [-0.2, 0) is 19.1 Å². The standard InChI is InChI=1S/C7H11NO4/c1-11-4-2-8-3-5-12-7(10)6(8)9/h2-5H2,1H3. The van der Waals surface area contributed by atoms with Gasteiger partial charge in [0.25, 0.3) is 0 Å². The number of nitrogens with zero attached hydrogens (tertiary/aromatic N) is 1. The van der Waals surface area contributed by atoms with Gasteiger partial charge >= 0.3 is 11.9 Å². The van der Waals surface area contributed by atoms with Crippen molar-refractivity contribution in [1.82, 2.24) is 4.90 Å². The zero-order chi connectivity index (χ0) is 8.97. The first kappa shape index (κ1) is 8.99. The van der Waals surface area contributed by atoms with E-state index >= 15 is 0 Å². The van der Waals surface area contributed by atoms with E-state index in [1.807, 2.05) is 0 Å². The van der Waals surface area contributed by atoms with Crippen molar-refractivity contribution in [3.63, 3.8) is 0 Å². The van der Waals surface area contributed by atoms with E-state index in [4.69, 9.17) is 4.74 Å². The number of rotatable bonds is 3. The van der Waals surface area contributed by atoms with Crippen LogP contribution in [0.25, 0.3) is 0 Å². The molecule has 0 radical (unpaired) electrons. The predicted molar refractivity (Wildman–Crippen MR) is 39.4 cm³/mol. The molecular formula is C7H11NO4. The molecule has 5 heteroatoms. The molecule has 1 heterocycles. The molecule has 12 heavy (non-hydrogen) atoms. The highest BCUT2D eigenvalue weighted by atomic mass is 16.5. The van der Waals surface area contributed by atoms with Gasteiger partial charge in [0, 0.05) is 13.7 Å². The fourth-order valence-electron chi connectivity index (χ4n) is 0.956. The Labute approximate surface area is 70.2 Å². The van der Waals surface area contributed by atoms with Gasteiger partial charge in [-0.05, 0) is 0 Å². The first-order valence-electron chi connectivity index (χ1n) is 3.70. The summed E-state index contributed by atoms with van der Waals surface area (Å²) in [6.07, 6.45) is 0. The number of hydrogen-bond donors (Lipinski definition) is 0. The summed E-state index contributed by atoms with van der Waals surface area (Å²) < 4.78 is 9.31. The lowest BCUT2D eigenvalue weighted by Crippen LogP contribution is -2.46. The highest BCUT2D eigenvalue weighted by Crippen LogP contribution is 1.99. The van der Waals surface area contributed by atoms with E-state index in [0.29, 0.717) is 19.7 Å². The lowest BCUT2D eigenvalue weighted by atomic mass is 10.4. The van der Waals surface area contributed by atoms with Gasteiger partial charge in [-0.3, -0.25) is 4.79 Å². The van der Waals surface area contributed by atoms with Gasteiger partial charge in [0.15, 0.2) is 0 Å². The molecule has 0 bridgehead atoms. The number of cyclic esters (lactones) is 1. The van der Waals surface area contributed by atoms with E-state index in [0.717, 1.165) is 0 Å². The second-order valence-corrected chi connectivity index (χ2v) is 2.42. The molecule has 0 spiro atoms.